The number of anilines is 2. The van der Waals surface area contributed by atoms with E-state index in [2.05, 4.69) is 10.6 Å². The Bertz CT molecular complexity index is 789. The van der Waals surface area contributed by atoms with Crippen LogP contribution >= 0.6 is 11.6 Å². The molecule has 1 heterocycles. The van der Waals surface area contributed by atoms with Crippen LogP contribution in [0.1, 0.15) is 24.0 Å². The summed E-state index contributed by atoms with van der Waals surface area (Å²) in [6.07, 6.45) is 1.51. The van der Waals surface area contributed by atoms with Gasteiger partial charge in [0.25, 0.3) is 0 Å². The third-order valence-corrected chi connectivity index (χ3v) is 4.53. The van der Waals surface area contributed by atoms with Gasteiger partial charge in [0.1, 0.15) is 0 Å². The molecule has 0 unspecified atom stereocenters. The second-order valence-electron chi connectivity index (χ2n) is 6.09. The molecule has 1 aliphatic rings. The summed E-state index contributed by atoms with van der Waals surface area (Å²) in [4.78, 5) is 24.3. The highest BCUT2D eigenvalue weighted by Crippen LogP contribution is 2.27. The van der Waals surface area contributed by atoms with E-state index in [4.69, 9.17) is 11.6 Å². The van der Waals surface area contributed by atoms with Gasteiger partial charge in [-0.25, -0.2) is 0 Å². The minimum Gasteiger partial charge on any atom is -0.326 e. The molecule has 24 heavy (non-hydrogen) atoms. The second kappa shape index (κ2) is 7.05. The SMILES string of the molecule is Cc1cc(Cl)ccc1NC(=O)CC[C@@H]1Cc2ccccc2NC1=O. The average molecular weight is 343 g/mol. The Morgan fingerprint density at radius 1 is 1.29 bits per heavy atom. The van der Waals surface area contributed by atoms with Gasteiger partial charge in [-0.05, 0) is 55.2 Å². The van der Waals surface area contributed by atoms with E-state index in [1.807, 2.05) is 37.3 Å². The Kier molecular flexibility index (Phi) is 4.86. The van der Waals surface area contributed by atoms with Crippen LogP contribution in [0.2, 0.25) is 5.02 Å². The third-order valence-electron chi connectivity index (χ3n) is 4.29. The topological polar surface area (TPSA) is 58.2 Å². The third kappa shape index (κ3) is 3.77. The van der Waals surface area contributed by atoms with E-state index in [-0.39, 0.29) is 17.7 Å². The highest BCUT2D eigenvalue weighted by atomic mass is 35.5. The monoisotopic (exact) mass is 342 g/mol. The second-order valence-corrected chi connectivity index (χ2v) is 6.53. The predicted octanol–water partition coefficient (Wildman–Crippen LogP) is 4.18. The zero-order valence-corrected chi connectivity index (χ0v) is 14.2. The van der Waals surface area contributed by atoms with Crippen LogP contribution in [0.3, 0.4) is 0 Å². The number of amides is 2. The first-order valence-corrected chi connectivity index (χ1v) is 8.35. The van der Waals surface area contributed by atoms with Crippen LogP contribution in [-0.4, -0.2) is 11.8 Å². The fourth-order valence-electron chi connectivity index (χ4n) is 2.93. The van der Waals surface area contributed by atoms with Gasteiger partial charge in [0.15, 0.2) is 0 Å². The normalized spacial score (nSPS) is 16.2. The highest BCUT2D eigenvalue weighted by Gasteiger charge is 2.26. The first-order chi connectivity index (χ1) is 11.5. The lowest BCUT2D eigenvalue weighted by Crippen LogP contribution is -2.30. The highest BCUT2D eigenvalue weighted by molar-refractivity contribution is 6.30. The number of hydrogen-bond donors (Lipinski definition) is 2. The lowest BCUT2D eigenvalue weighted by atomic mass is 9.89. The summed E-state index contributed by atoms with van der Waals surface area (Å²) in [6.45, 7) is 1.90. The molecule has 0 radical (unpaired) electrons. The number of benzene rings is 2. The van der Waals surface area contributed by atoms with Crippen molar-refractivity contribution in [1.82, 2.24) is 0 Å². The molecule has 2 aromatic rings. The lowest BCUT2D eigenvalue weighted by molar-refractivity contribution is -0.121. The number of carbonyl (C=O) groups excluding carboxylic acids is 2. The van der Waals surface area contributed by atoms with Gasteiger partial charge in [-0.15, -0.1) is 0 Å². The van der Waals surface area contributed by atoms with Crippen molar-refractivity contribution in [3.8, 4) is 0 Å². The maximum absolute atomic E-state index is 12.2. The van der Waals surface area contributed by atoms with E-state index in [0.717, 1.165) is 22.5 Å². The maximum Gasteiger partial charge on any atom is 0.227 e. The van der Waals surface area contributed by atoms with Crippen LogP contribution in [0, 0.1) is 12.8 Å². The van der Waals surface area contributed by atoms with E-state index < -0.39 is 0 Å². The zero-order valence-electron chi connectivity index (χ0n) is 13.4. The summed E-state index contributed by atoms with van der Waals surface area (Å²) in [5.41, 5.74) is 3.67. The minimum absolute atomic E-state index is 0.0100. The number of rotatable bonds is 4. The van der Waals surface area contributed by atoms with Gasteiger partial charge in [-0.1, -0.05) is 29.8 Å². The summed E-state index contributed by atoms with van der Waals surface area (Å²) in [5.74, 6) is -0.270. The molecule has 124 valence electrons. The smallest absolute Gasteiger partial charge is 0.227 e. The quantitative estimate of drug-likeness (QED) is 0.875. The molecule has 5 heteroatoms. The molecule has 0 aliphatic carbocycles. The van der Waals surface area contributed by atoms with Crippen molar-refractivity contribution in [1.29, 1.82) is 0 Å². The molecule has 1 aliphatic heterocycles. The molecular formula is C19H19ClN2O2. The molecule has 4 nitrogen and oxygen atoms in total. The van der Waals surface area contributed by atoms with Gasteiger partial charge < -0.3 is 10.6 Å². The Morgan fingerprint density at radius 2 is 2.08 bits per heavy atom. The van der Waals surface area contributed by atoms with Crippen molar-refractivity contribution < 1.29 is 9.59 Å². The Labute approximate surface area is 146 Å². The van der Waals surface area contributed by atoms with Gasteiger partial charge in [-0.3, -0.25) is 9.59 Å². The molecule has 0 aromatic heterocycles. The fourth-order valence-corrected chi connectivity index (χ4v) is 3.16. The Morgan fingerprint density at radius 3 is 2.88 bits per heavy atom. The first kappa shape index (κ1) is 16.5. The van der Waals surface area contributed by atoms with Gasteiger partial charge >= 0.3 is 0 Å². The van der Waals surface area contributed by atoms with Crippen molar-refractivity contribution in [3.05, 3.63) is 58.6 Å². The summed E-state index contributed by atoms with van der Waals surface area (Å²) in [7, 11) is 0. The van der Waals surface area contributed by atoms with E-state index >= 15 is 0 Å². The largest absolute Gasteiger partial charge is 0.326 e. The van der Waals surface area contributed by atoms with E-state index in [1.54, 1.807) is 12.1 Å². The van der Waals surface area contributed by atoms with E-state index in [1.165, 1.54) is 0 Å². The molecule has 2 amide bonds. The molecule has 0 bridgehead atoms. The molecule has 1 atom stereocenters. The van der Waals surface area contributed by atoms with Crippen molar-refractivity contribution >= 4 is 34.8 Å². The Hall–Kier alpha value is -2.33. The maximum atomic E-state index is 12.2. The summed E-state index contributed by atoms with van der Waals surface area (Å²) < 4.78 is 0. The number of halogens is 1. The number of aryl methyl sites for hydroxylation is 1. The van der Waals surface area contributed by atoms with Crippen LogP contribution in [0.4, 0.5) is 11.4 Å². The molecule has 2 aromatic carbocycles. The molecule has 0 saturated carbocycles. The van der Waals surface area contributed by atoms with Crippen LogP contribution in [0.25, 0.3) is 0 Å². The summed E-state index contributed by atoms with van der Waals surface area (Å²) >= 11 is 5.92. The number of para-hydroxylation sites is 1. The predicted molar refractivity (Wildman–Crippen MR) is 96.3 cm³/mol. The number of fused-ring (bicyclic) bond motifs is 1. The average Bonchev–Trinajstić information content (AvgIpc) is 2.55. The van der Waals surface area contributed by atoms with Crippen LogP contribution < -0.4 is 10.6 Å². The summed E-state index contributed by atoms with van der Waals surface area (Å²) in [5, 5.41) is 6.44. The number of nitrogens with one attached hydrogen (secondary N) is 2. The number of carbonyl (C=O) groups is 2. The molecule has 0 spiro atoms. The molecule has 3 rings (SSSR count). The Balaban J connectivity index is 1.57. The first-order valence-electron chi connectivity index (χ1n) is 7.97. The van der Waals surface area contributed by atoms with E-state index in [0.29, 0.717) is 24.3 Å². The van der Waals surface area contributed by atoms with E-state index in [9.17, 15) is 9.59 Å². The lowest BCUT2D eigenvalue weighted by Gasteiger charge is -2.24. The van der Waals surface area contributed by atoms with Crippen molar-refractivity contribution in [2.45, 2.75) is 26.2 Å². The van der Waals surface area contributed by atoms with Gasteiger partial charge in [0.05, 0.1) is 0 Å². The molecular weight excluding hydrogens is 324 g/mol. The van der Waals surface area contributed by atoms with Gasteiger partial charge in [0, 0.05) is 28.7 Å². The zero-order chi connectivity index (χ0) is 17.1. The van der Waals surface area contributed by atoms with Crippen LogP contribution in [0.5, 0.6) is 0 Å². The van der Waals surface area contributed by atoms with Crippen LogP contribution in [0.15, 0.2) is 42.5 Å². The molecule has 2 N–H and O–H groups in total. The number of hydrogen-bond acceptors (Lipinski definition) is 2. The van der Waals surface area contributed by atoms with Crippen LogP contribution in [-0.2, 0) is 16.0 Å². The molecule has 0 saturated heterocycles. The fraction of sp³-hybridized carbons (Fsp3) is 0.263. The van der Waals surface area contributed by atoms with Crippen molar-refractivity contribution in [3.63, 3.8) is 0 Å². The minimum atomic E-state index is -0.169. The van der Waals surface area contributed by atoms with Gasteiger partial charge in [-0.2, -0.15) is 0 Å². The summed E-state index contributed by atoms with van der Waals surface area (Å²) in [6, 6.07) is 13.1. The molecule has 0 fully saturated rings. The van der Waals surface area contributed by atoms with Crippen molar-refractivity contribution in [2.24, 2.45) is 5.92 Å². The standard InChI is InChI=1S/C19H19ClN2O2/c1-12-10-15(20)7-8-16(12)21-18(23)9-6-14-11-13-4-2-3-5-17(13)22-19(14)24/h2-5,7-8,10,14H,6,9,11H2,1H3,(H,21,23)(H,22,24)/t14-/m1/s1. The van der Waals surface area contributed by atoms with Crippen molar-refractivity contribution in [2.75, 3.05) is 10.6 Å². The van der Waals surface area contributed by atoms with Gasteiger partial charge in [0.2, 0.25) is 11.8 Å².